The number of aryl methyl sites for hydroxylation is 1. The van der Waals surface area contributed by atoms with Crippen LogP contribution in [0.4, 0.5) is 0 Å². The largest absolute Gasteiger partial charge is 0.491 e. The molecule has 0 aliphatic rings. The fourth-order valence-electron chi connectivity index (χ4n) is 2.86. The van der Waals surface area contributed by atoms with Crippen molar-refractivity contribution in [3.63, 3.8) is 0 Å². The Kier molecular flexibility index (Phi) is 7.81. The van der Waals surface area contributed by atoms with Crippen molar-refractivity contribution in [1.82, 2.24) is 4.90 Å². The summed E-state index contributed by atoms with van der Waals surface area (Å²) in [7, 11) is 3.39. The van der Waals surface area contributed by atoms with E-state index < -0.39 is 0 Å². The Labute approximate surface area is 179 Å². The molecule has 0 saturated carbocycles. The standard InChI is InChI=1S/C25H31NO4/c1-16(2)29-23-15-24(30-17(3)4)21(14-18(23)5)12-13-22(27)19-8-10-20(11-9-19)25(28)26(6)7/h8-17H,1-7H3/b13-12+. The molecule has 5 heteroatoms. The van der Waals surface area contributed by atoms with Gasteiger partial charge in [0.05, 0.1) is 12.2 Å². The van der Waals surface area contributed by atoms with Gasteiger partial charge in [-0.05, 0) is 70.5 Å². The quantitative estimate of drug-likeness (QED) is 0.446. The van der Waals surface area contributed by atoms with Crippen LogP contribution < -0.4 is 9.47 Å². The number of ether oxygens (including phenoxy) is 2. The van der Waals surface area contributed by atoms with E-state index in [9.17, 15) is 9.59 Å². The maximum absolute atomic E-state index is 12.6. The number of nitrogens with zero attached hydrogens (tertiary/aromatic N) is 1. The SMILES string of the molecule is Cc1cc(/C=C/C(=O)c2ccc(C(=O)N(C)C)cc2)c(OC(C)C)cc1OC(C)C. The summed E-state index contributed by atoms with van der Waals surface area (Å²) >= 11 is 0. The van der Waals surface area contributed by atoms with E-state index in [-0.39, 0.29) is 23.9 Å². The third kappa shape index (κ3) is 6.21. The lowest BCUT2D eigenvalue weighted by Gasteiger charge is -2.18. The van der Waals surface area contributed by atoms with Crippen molar-refractivity contribution in [3.8, 4) is 11.5 Å². The Morgan fingerprint density at radius 3 is 1.93 bits per heavy atom. The number of amides is 1. The molecule has 30 heavy (non-hydrogen) atoms. The number of rotatable bonds is 8. The van der Waals surface area contributed by atoms with Gasteiger partial charge in [0, 0.05) is 36.9 Å². The smallest absolute Gasteiger partial charge is 0.253 e. The summed E-state index contributed by atoms with van der Waals surface area (Å²) in [5, 5.41) is 0. The third-order valence-corrected chi connectivity index (χ3v) is 4.27. The number of hydrogen-bond donors (Lipinski definition) is 0. The average molecular weight is 410 g/mol. The Hall–Kier alpha value is -3.08. The van der Waals surface area contributed by atoms with Crippen LogP contribution in [0, 0.1) is 6.92 Å². The Morgan fingerprint density at radius 2 is 1.40 bits per heavy atom. The zero-order valence-corrected chi connectivity index (χ0v) is 18.9. The van der Waals surface area contributed by atoms with Crippen LogP contribution in [0.1, 0.15) is 59.5 Å². The lowest BCUT2D eigenvalue weighted by molar-refractivity contribution is 0.0827. The highest BCUT2D eigenvalue weighted by Crippen LogP contribution is 2.31. The average Bonchev–Trinajstić information content (AvgIpc) is 2.67. The van der Waals surface area contributed by atoms with Crippen LogP contribution in [0.15, 0.2) is 42.5 Å². The van der Waals surface area contributed by atoms with Gasteiger partial charge < -0.3 is 14.4 Å². The molecule has 0 aromatic heterocycles. The van der Waals surface area contributed by atoms with E-state index in [1.807, 2.05) is 46.8 Å². The first-order chi connectivity index (χ1) is 14.1. The summed E-state index contributed by atoms with van der Waals surface area (Å²) in [4.78, 5) is 26.1. The van der Waals surface area contributed by atoms with E-state index >= 15 is 0 Å². The molecule has 0 heterocycles. The zero-order valence-electron chi connectivity index (χ0n) is 18.9. The minimum absolute atomic E-state index is 0.00997. The van der Waals surface area contributed by atoms with Crippen molar-refractivity contribution in [2.24, 2.45) is 0 Å². The van der Waals surface area contributed by atoms with Gasteiger partial charge in [0.15, 0.2) is 5.78 Å². The highest BCUT2D eigenvalue weighted by molar-refractivity contribution is 6.07. The number of hydrogen-bond acceptors (Lipinski definition) is 4. The highest BCUT2D eigenvalue weighted by Gasteiger charge is 2.12. The van der Waals surface area contributed by atoms with Crippen molar-refractivity contribution in [1.29, 1.82) is 0 Å². The first-order valence-corrected chi connectivity index (χ1v) is 10.1. The predicted molar refractivity (Wildman–Crippen MR) is 121 cm³/mol. The molecule has 0 bridgehead atoms. The van der Waals surface area contributed by atoms with Gasteiger partial charge in [0.25, 0.3) is 5.91 Å². The van der Waals surface area contributed by atoms with E-state index in [4.69, 9.17) is 9.47 Å². The van der Waals surface area contributed by atoms with Crippen molar-refractivity contribution < 1.29 is 19.1 Å². The van der Waals surface area contributed by atoms with Crippen LogP contribution >= 0.6 is 0 Å². The van der Waals surface area contributed by atoms with Crippen LogP contribution in [0.5, 0.6) is 11.5 Å². The number of benzene rings is 2. The topological polar surface area (TPSA) is 55.8 Å². The summed E-state index contributed by atoms with van der Waals surface area (Å²) in [5.74, 6) is 1.20. The molecule has 0 fully saturated rings. The number of ketones is 1. The first-order valence-electron chi connectivity index (χ1n) is 10.1. The van der Waals surface area contributed by atoms with Gasteiger partial charge >= 0.3 is 0 Å². The molecule has 5 nitrogen and oxygen atoms in total. The van der Waals surface area contributed by atoms with Crippen LogP contribution in [0.2, 0.25) is 0 Å². The second-order valence-electron chi connectivity index (χ2n) is 7.96. The van der Waals surface area contributed by atoms with Gasteiger partial charge in [0.2, 0.25) is 0 Å². The Morgan fingerprint density at radius 1 is 0.867 bits per heavy atom. The van der Waals surface area contributed by atoms with E-state index in [0.29, 0.717) is 16.9 Å². The van der Waals surface area contributed by atoms with Gasteiger partial charge in [-0.15, -0.1) is 0 Å². The minimum atomic E-state index is -0.144. The van der Waals surface area contributed by atoms with Gasteiger partial charge in [-0.3, -0.25) is 9.59 Å². The fraction of sp³-hybridized carbons (Fsp3) is 0.360. The number of carbonyl (C=O) groups is 2. The van der Waals surface area contributed by atoms with E-state index in [1.165, 1.54) is 11.0 Å². The second kappa shape index (κ2) is 10.1. The van der Waals surface area contributed by atoms with Crippen LogP contribution in [-0.2, 0) is 0 Å². The second-order valence-corrected chi connectivity index (χ2v) is 7.96. The molecule has 0 N–H and O–H groups in total. The number of carbonyl (C=O) groups excluding carboxylic acids is 2. The molecule has 0 radical (unpaired) electrons. The van der Waals surface area contributed by atoms with Gasteiger partial charge in [-0.2, -0.15) is 0 Å². The summed E-state index contributed by atoms with van der Waals surface area (Å²) in [5.41, 5.74) is 2.84. The van der Waals surface area contributed by atoms with Crippen molar-refractivity contribution in [3.05, 3.63) is 64.7 Å². The lowest BCUT2D eigenvalue weighted by Crippen LogP contribution is -2.21. The van der Waals surface area contributed by atoms with Crippen LogP contribution in [0.25, 0.3) is 6.08 Å². The number of allylic oxidation sites excluding steroid dienone is 1. The van der Waals surface area contributed by atoms with Crippen molar-refractivity contribution >= 4 is 17.8 Å². The molecule has 0 unspecified atom stereocenters. The first kappa shape index (κ1) is 23.2. The van der Waals surface area contributed by atoms with Crippen LogP contribution in [0.3, 0.4) is 0 Å². The molecule has 0 aliphatic carbocycles. The maximum Gasteiger partial charge on any atom is 0.253 e. The monoisotopic (exact) mass is 409 g/mol. The molecule has 0 atom stereocenters. The molecule has 2 aromatic carbocycles. The van der Waals surface area contributed by atoms with Crippen molar-refractivity contribution in [2.45, 2.75) is 46.8 Å². The molecular weight excluding hydrogens is 378 g/mol. The molecule has 0 aliphatic heterocycles. The Bertz CT molecular complexity index is 925. The fourth-order valence-corrected chi connectivity index (χ4v) is 2.86. The summed E-state index contributed by atoms with van der Waals surface area (Å²) in [6, 6.07) is 10.5. The van der Waals surface area contributed by atoms with Gasteiger partial charge in [-0.25, -0.2) is 0 Å². The third-order valence-electron chi connectivity index (χ3n) is 4.27. The van der Waals surface area contributed by atoms with Crippen molar-refractivity contribution in [2.75, 3.05) is 14.1 Å². The molecule has 2 rings (SSSR count). The van der Waals surface area contributed by atoms with E-state index in [1.54, 1.807) is 44.4 Å². The summed E-state index contributed by atoms with van der Waals surface area (Å²) < 4.78 is 11.8. The summed E-state index contributed by atoms with van der Waals surface area (Å²) in [6.45, 7) is 9.84. The zero-order chi connectivity index (χ0) is 22.4. The highest BCUT2D eigenvalue weighted by atomic mass is 16.5. The van der Waals surface area contributed by atoms with E-state index in [0.717, 1.165) is 16.9 Å². The maximum atomic E-state index is 12.6. The van der Waals surface area contributed by atoms with Crippen LogP contribution in [-0.4, -0.2) is 42.9 Å². The molecule has 2 aromatic rings. The summed E-state index contributed by atoms with van der Waals surface area (Å²) in [6.07, 6.45) is 3.32. The molecule has 1 amide bonds. The molecule has 0 spiro atoms. The molecular formula is C25H31NO4. The molecule has 160 valence electrons. The molecule has 0 saturated heterocycles. The Balaban J connectivity index is 2.28. The van der Waals surface area contributed by atoms with E-state index in [2.05, 4.69) is 0 Å². The van der Waals surface area contributed by atoms with Gasteiger partial charge in [-0.1, -0.05) is 12.1 Å². The normalized spacial score (nSPS) is 11.2. The minimum Gasteiger partial charge on any atom is -0.491 e. The lowest BCUT2D eigenvalue weighted by atomic mass is 10.0. The predicted octanol–water partition coefficient (Wildman–Crippen LogP) is 5.17. The van der Waals surface area contributed by atoms with Gasteiger partial charge in [0.1, 0.15) is 11.5 Å².